The molecular weight excluding hydrogens is 404 g/mol. The predicted octanol–water partition coefficient (Wildman–Crippen LogP) is 5.20. The number of carbonyl (C=O) groups excluding carboxylic acids is 1. The van der Waals surface area contributed by atoms with Crippen LogP contribution in [-0.2, 0) is 12.8 Å². The molecule has 0 radical (unpaired) electrons. The molecular formula is C22H25ClN4OS. The van der Waals surface area contributed by atoms with E-state index in [1.807, 2.05) is 67.1 Å². The van der Waals surface area contributed by atoms with E-state index in [1.165, 1.54) is 0 Å². The summed E-state index contributed by atoms with van der Waals surface area (Å²) in [5, 5.41) is 13.4. The van der Waals surface area contributed by atoms with Crippen LogP contribution in [0.4, 0.5) is 0 Å². The number of benzene rings is 2. The SMILES string of the molecule is Cc1cccc(C(=O)N[C@@H](c2nnc(SCc3ccc(Cl)cc3)n2C)C(C)C)c1. The van der Waals surface area contributed by atoms with Crippen LogP contribution in [0.2, 0.25) is 5.02 Å². The smallest absolute Gasteiger partial charge is 0.251 e. The zero-order valence-electron chi connectivity index (χ0n) is 17.0. The van der Waals surface area contributed by atoms with E-state index in [1.54, 1.807) is 11.8 Å². The van der Waals surface area contributed by atoms with Gasteiger partial charge in [0.05, 0.1) is 6.04 Å². The van der Waals surface area contributed by atoms with Gasteiger partial charge in [0.15, 0.2) is 11.0 Å². The Morgan fingerprint density at radius 2 is 1.90 bits per heavy atom. The third-order valence-electron chi connectivity index (χ3n) is 4.66. The Hall–Kier alpha value is -2.31. The van der Waals surface area contributed by atoms with Gasteiger partial charge in [-0.2, -0.15) is 0 Å². The Morgan fingerprint density at radius 3 is 2.55 bits per heavy atom. The summed E-state index contributed by atoms with van der Waals surface area (Å²) in [6.07, 6.45) is 0. The minimum absolute atomic E-state index is 0.106. The highest BCUT2D eigenvalue weighted by atomic mass is 35.5. The standard InChI is InChI=1S/C22H25ClN4OS/c1-14(2)19(24-21(28)17-7-5-6-15(3)12-17)20-25-26-22(27(20)4)29-13-16-8-10-18(23)11-9-16/h5-12,14,19H,13H2,1-4H3,(H,24,28)/t19-/m1/s1. The molecule has 0 aliphatic rings. The van der Waals surface area contributed by atoms with Gasteiger partial charge in [0.25, 0.3) is 5.91 Å². The lowest BCUT2D eigenvalue weighted by atomic mass is 10.0. The molecule has 0 unspecified atom stereocenters. The van der Waals surface area contributed by atoms with Crippen LogP contribution in [0.15, 0.2) is 53.7 Å². The van der Waals surface area contributed by atoms with Crippen molar-refractivity contribution in [3.8, 4) is 0 Å². The van der Waals surface area contributed by atoms with Crippen LogP contribution < -0.4 is 5.32 Å². The molecule has 1 atom stereocenters. The first kappa shape index (κ1) is 21.4. The first-order valence-electron chi connectivity index (χ1n) is 9.49. The maximum atomic E-state index is 12.8. The third-order valence-corrected chi connectivity index (χ3v) is 6.00. The number of aromatic nitrogens is 3. The Morgan fingerprint density at radius 1 is 1.17 bits per heavy atom. The summed E-state index contributed by atoms with van der Waals surface area (Å²) >= 11 is 7.56. The van der Waals surface area contributed by atoms with Crippen molar-refractivity contribution < 1.29 is 4.79 Å². The number of hydrogen-bond donors (Lipinski definition) is 1. The van der Waals surface area contributed by atoms with E-state index < -0.39 is 0 Å². The molecule has 0 fully saturated rings. The van der Waals surface area contributed by atoms with Gasteiger partial charge >= 0.3 is 0 Å². The molecule has 5 nitrogen and oxygen atoms in total. The maximum Gasteiger partial charge on any atom is 0.251 e. The molecule has 29 heavy (non-hydrogen) atoms. The molecule has 152 valence electrons. The van der Waals surface area contributed by atoms with Crippen molar-refractivity contribution in [1.29, 1.82) is 0 Å². The molecule has 7 heteroatoms. The molecule has 1 heterocycles. The monoisotopic (exact) mass is 428 g/mol. The highest BCUT2D eigenvalue weighted by Gasteiger charge is 2.25. The minimum Gasteiger partial charge on any atom is -0.342 e. The van der Waals surface area contributed by atoms with Crippen LogP contribution in [0.1, 0.15) is 47.2 Å². The third kappa shape index (κ3) is 5.40. The van der Waals surface area contributed by atoms with Crippen LogP contribution in [0, 0.1) is 12.8 Å². The molecule has 0 bridgehead atoms. The summed E-state index contributed by atoms with van der Waals surface area (Å²) in [5.74, 6) is 1.58. The van der Waals surface area contributed by atoms with E-state index in [4.69, 9.17) is 11.6 Å². The number of rotatable bonds is 7. The average Bonchev–Trinajstić information content (AvgIpc) is 3.05. The molecule has 0 aliphatic carbocycles. The van der Waals surface area contributed by atoms with Crippen molar-refractivity contribution in [1.82, 2.24) is 20.1 Å². The molecule has 3 aromatic rings. The van der Waals surface area contributed by atoms with Gasteiger partial charge in [-0.3, -0.25) is 4.79 Å². The van der Waals surface area contributed by atoms with Crippen molar-refractivity contribution in [2.75, 3.05) is 0 Å². The van der Waals surface area contributed by atoms with E-state index in [-0.39, 0.29) is 17.9 Å². The van der Waals surface area contributed by atoms with Crippen molar-refractivity contribution >= 4 is 29.3 Å². The molecule has 1 amide bonds. The van der Waals surface area contributed by atoms with Gasteiger partial charge in [-0.05, 0) is 42.7 Å². The highest BCUT2D eigenvalue weighted by Crippen LogP contribution is 2.26. The summed E-state index contributed by atoms with van der Waals surface area (Å²) in [4.78, 5) is 12.8. The Labute approximate surface area is 180 Å². The van der Waals surface area contributed by atoms with Gasteiger partial charge in [-0.1, -0.05) is 67.0 Å². The first-order chi connectivity index (χ1) is 13.8. The highest BCUT2D eigenvalue weighted by molar-refractivity contribution is 7.98. The minimum atomic E-state index is -0.231. The quantitative estimate of drug-likeness (QED) is 0.525. The molecule has 0 spiro atoms. The number of thioether (sulfide) groups is 1. The predicted molar refractivity (Wildman–Crippen MR) is 118 cm³/mol. The second-order valence-corrected chi connectivity index (χ2v) is 8.76. The van der Waals surface area contributed by atoms with Crippen molar-refractivity contribution in [2.24, 2.45) is 13.0 Å². The van der Waals surface area contributed by atoms with Gasteiger partial charge < -0.3 is 9.88 Å². The lowest BCUT2D eigenvalue weighted by molar-refractivity contribution is 0.0922. The van der Waals surface area contributed by atoms with E-state index in [2.05, 4.69) is 29.4 Å². The Balaban J connectivity index is 1.74. The maximum absolute atomic E-state index is 12.8. The summed E-state index contributed by atoms with van der Waals surface area (Å²) < 4.78 is 1.96. The zero-order chi connectivity index (χ0) is 21.0. The van der Waals surface area contributed by atoms with E-state index in [9.17, 15) is 4.79 Å². The van der Waals surface area contributed by atoms with Gasteiger partial charge in [0.1, 0.15) is 0 Å². The van der Waals surface area contributed by atoms with Gasteiger partial charge in [0, 0.05) is 23.4 Å². The molecule has 1 N–H and O–H groups in total. The molecule has 0 aliphatic heterocycles. The van der Waals surface area contributed by atoms with Crippen LogP contribution in [0.5, 0.6) is 0 Å². The number of nitrogens with one attached hydrogen (secondary N) is 1. The van der Waals surface area contributed by atoms with Crippen molar-refractivity contribution in [2.45, 2.75) is 37.7 Å². The van der Waals surface area contributed by atoms with E-state index in [0.29, 0.717) is 5.56 Å². The summed E-state index contributed by atoms with van der Waals surface area (Å²) in [5.41, 5.74) is 2.87. The van der Waals surface area contributed by atoms with Crippen molar-refractivity contribution in [3.63, 3.8) is 0 Å². The number of halogens is 1. The topological polar surface area (TPSA) is 59.8 Å². The zero-order valence-corrected chi connectivity index (χ0v) is 18.6. The van der Waals surface area contributed by atoms with Gasteiger partial charge in [-0.15, -0.1) is 10.2 Å². The van der Waals surface area contributed by atoms with Gasteiger partial charge in [0.2, 0.25) is 0 Å². The summed E-state index contributed by atoms with van der Waals surface area (Å²) in [6, 6.07) is 15.1. The number of carbonyl (C=O) groups is 1. The molecule has 1 aromatic heterocycles. The Bertz CT molecular complexity index is 985. The largest absolute Gasteiger partial charge is 0.342 e. The van der Waals surface area contributed by atoms with E-state index >= 15 is 0 Å². The molecule has 0 saturated heterocycles. The molecule has 2 aromatic carbocycles. The fourth-order valence-corrected chi connectivity index (χ4v) is 3.99. The average molecular weight is 429 g/mol. The van der Waals surface area contributed by atoms with E-state index in [0.717, 1.165) is 32.9 Å². The van der Waals surface area contributed by atoms with Crippen molar-refractivity contribution in [3.05, 3.63) is 76.1 Å². The fraction of sp³-hybridized carbons (Fsp3) is 0.318. The Kier molecular flexibility index (Phi) is 6.98. The summed E-state index contributed by atoms with van der Waals surface area (Å²) in [6.45, 7) is 6.11. The number of hydrogen-bond acceptors (Lipinski definition) is 4. The number of aryl methyl sites for hydroxylation is 1. The second kappa shape index (κ2) is 9.46. The van der Waals surface area contributed by atoms with Gasteiger partial charge in [-0.25, -0.2) is 0 Å². The molecule has 3 rings (SSSR count). The second-order valence-electron chi connectivity index (χ2n) is 7.38. The lowest BCUT2D eigenvalue weighted by Crippen LogP contribution is -2.33. The first-order valence-corrected chi connectivity index (χ1v) is 10.9. The van der Waals surface area contributed by atoms with Crippen LogP contribution in [0.3, 0.4) is 0 Å². The lowest BCUT2D eigenvalue weighted by Gasteiger charge is -2.22. The van der Waals surface area contributed by atoms with Crippen LogP contribution in [0.25, 0.3) is 0 Å². The van der Waals surface area contributed by atoms with Crippen LogP contribution in [-0.4, -0.2) is 20.7 Å². The van der Waals surface area contributed by atoms with Crippen LogP contribution >= 0.6 is 23.4 Å². The molecule has 0 saturated carbocycles. The fourth-order valence-electron chi connectivity index (χ4n) is 2.99. The number of amides is 1. The normalized spacial score (nSPS) is 12.2. The number of nitrogens with zero attached hydrogens (tertiary/aromatic N) is 3. The summed E-state index contributed by atoms with van der Waals surface area (Å²) in [7, 11) is 1.94.